The summed E-state index contributed by atoms with van der Waals surface area (Å²) < 4.78 is 35.4. The van der Waals surface area contributed by atoms with Crippen LogP contribution >= 0.6 is 0 Å². The zero-order valence-electron chi connectivity index (χ0n) is 10.6. The lowest BCUT2D eigenvalue weighted by molar-refractivity contribution is -0.136. The van der Waals surface area contributed by atoms with Gasteiger partial charge in [0.15, 0.2) is 0 Å². The molecule has 0 heterocycles. The summed E-state index contributed by atoms with van der Waals surface area (Å²) in [4.78, 5) is 23.7. The standard InChI is InChI=1S/C10H18F3N3O2/c1-7(2)15-8(17)5-16(3)9(18)4-14-6-10(11,12)13/h7,14H,4-6H2,1-3H3,(H,15,17). The van der Waals surface area contributed by atoms with Crippen LogP contribution in [0.5, 0.6) is 0 Å². The van der Waals surface area contributed by atoms with E-state index in [4.69, 9.17) is 0 Å². The summed E-state index contributed by atoms with van der Waals surface area (Å²) in [6, 6.07) is -0.0515. The van der Waals surface area contributed by atoms with Crippen molar-refractivity contribution < 1.29 is 22.8 Å². The van der Waals surface area contributed by atoms with E-state index in [2.05, 4.69) is 5.32 Å². The molecule has 0 spiro atoms. The minimum absolute atomic E-state index is 0.0515. The molecule has 0 aromatic heterocycles. The molecule has 0 aliphatic carbocycles. The molecule has 0 atom stereocenters. The normalized spacial score (nSPS) is 11.5. The lowest BCUT2D eigenvalue weighted by Crippen LogP contribution is -2.44. The van der Waals surface area contributed by atoms with E-state index in [1.807, 2.05) is 5.32 Å². The van der Waals surface area contributed by atoms with E-state index in [-0.39, 0.29) is 18.5 Å². The first-order chi connectivity index (χ1) is 8.11. The van der Waals surface area contributed by atoms with Gasteiger partial charge in [-0.1, -0.05) is 0 Å². The topological polar surface area (TPSA) is 61.4 Å². The predicted octanol–water partition coefficient (Wildman–Crippen LogP) is 0.121. The first kappa shape index (κ1) is 16.7. The molecule has 2 amide bonds. The Bertz CT molecular complexity index is 293. The van der Waals surface area contributed by atoms with Gasteiger partial charge in [-0.2, -0.15) is 13.2 Å². The lowest BCUT2D eigenvalue weighted by atomic mass is 10.3. The summed E-state index contributed by atoms with van der Waals surface area (Å²) >= 11 is 0. The Hall–Kier alpha value is -1.31. The molecule has 8 heteroatoms. The second-order valence-electron chi connectivity index (χ2n) is 4.19. The molecular weight excluding hydrogens is 251 g/mol. The average Bonchev–Trinajstić information content (AvgIpc) is 2.13. The SMILES string of the molecule is CC(C)NC(=O)CN(C)C(=O)CNCC(F)(F)F. The summed E-state index contributed by atoms with van der Waals surface area (Å²) in [5.74, 6) is -0.921. The number of alkyl halides is 3. The maximum Gasteiger partial charge on any atom is 0.401 e. The number of hydrogen-bond acceptors (Lipinski definition) is 3. The molecule has 106 valence electrons. The number of amides is 2. The van der Waals surface area contributed by atoms with Crippen molar-refractivity contribution in [3.63, 3.8) is 0 Å². The fraction of sp³-hybridized carbons (Fsp3) is 0.800. The van der Waals surface area contributed by atoms with Crippen LogP contribution in [0.25, 0.3) is 0 Å². The Balaban J connectivity index is 3.93. The van der Waals surface area contributed by atoms with E-state index in [1.54, 1.807) is 13.8 Å². The van der Waals surface area contributed by atoms with E-state index in [0.717, 1.165) is 4.90 Å². The molecule has 0 bridgehead atoms. The van der Waals surface area contributed by atoms with Gasteiger partial charge in [-0.25, -0.2) is 0 Å². The maximum atomic E-state index is 11.8. The van der Waals surface area contributed by atoms with Crippen LogP contribution in [-0.4, -0.2) is 55.6 Å². The highest BCUT2D eigenvalue weighted by atomic mass is 19.4. The number of rotatable bonds is 6. The highest BCUT2D eigenvalue weighted by Gasteiger charge is 2.26. The van der Waals surface area contributed by atoms with Crippen LogP contribution in [-0.2, 0) is 9.59 Å². The van der Waals surface area contributed by atoms with Gasteiger partial charge in [-0.15, -0.1) is 0 Å². The van der Waals surface area contributed by atoms with Gasteiger partial charge >= 0.3 is 6.18 Å². The van der Waals surface area contributed by atoms with Crippen molar-refractivity contribution in [3.8, 4) is 0 Å². The first-order valence-electron chi connectivity index (χ1n) is 5.42. The Morgan fingerprint density at radius 1 is 1.28 bits per heavy atom. The molecule has 0 aromatic rings. The zero-order chi connectivity index (χ0) is 14.3. The van der Waals surface area contributed by atoms with Crippen LogP contribution in [0.2, 0.25) is 0 Å². The molecule has 0 fully saturated rings. The molecule has 0 aliphatic rings. The molecule has 0 rings (SSSR count). The smallest absolute Gasteiger partial charge is 0.352 e. The summed E-state index contributed by atoms with van der Waals surface area (Å²) in [6.45, 7) is 1.68. The van der Waals surface area contributed by atoms with E-state index in [9.17, 15) is 22.8 Å². The monoisotopic (exact) mass is 269 g/mol. The van der Waals surface area contributed by atoms with Crippen LogP contribution < -0.4 is 10.6 Å². The van der Waals surface area contributed by atoms with E-state index < -0.39 is 25.2 Å². The van der Waals surface area contributed by atoms with E-state index in [0.29, 0.717) is 0 Å². The minimum Gasteiger partial charge on any atom is -0.352 e. The number of nitrogens with zero attached hydrogens (tertiary/aromatic N) is 1. The number of hydrogen-bond donors (Lipinski definition) is 2. The second-order valence-corrected chi connectivity index (χ2v) is 4.19. The van der Waals surface area contributed by atoms with Crippen LogP contribution in [0.3, 0.4) is 0 Å². The third kappa shape index (κ3) is 8.80. The van der Waals surface area contributed by atoms with Crippen molar-refractivity contribution in [1.82, 2.24) is 15.5 Å². The van der Waals surface area contributed by atoms with Gasteiger partial charge in [0.1, 0.15) is 0 Å². The molecule has 0 aliphatic heterocycles. The molecule has 0 aromatic carbocycles. The summed E-state index contributed by atoms with van der Waals surface area (Å²) in [7, 11) is 1.36. The number of nitrogens with one attached hydrogen (secondary N) is 2. The average molecular weight is 269 g/mol. The Morgan fingerprint density at radius 3 is 2.28 bits per heavy atom. The Morgan fingerprint density at radius 2 is 1.83 bits per heavy atom. The van der Waals surface area contributed by atoms with Crippen molar-refractivity contribution in [3.05, 3.63) is 0 Å². The Labute approximate surface area is 104 Å². The van der Waals surface area contributed by atoms with E-state index in [1.165, 1.54) is 7.05 Å². The van der Waals surface area contributed by atoms with Gasteiger partial charge < -0.3 is 15.5 Å². The van der Waals surface area contributed by atoms with Crippen LogP contribution in [0, 0.1) is 0 Å². The number of likely N-dealkylation sites (N-methyl/N-ethyl adjacent to an activating group) is 1. The third-order valence-corrected chi connectivity index (χ3v) is 1.86. The maximum absolute atomic E-state index is 11.8. The van der Waals surface area contributed by atoms with Crippen LogP contribution in [0.4, 0.5) is 13.2 Å². The molecule has 2 N–H and O–H groups in total. The number of carbonyl (C=O) groups is 2. The molecule has 0 radical (unpaired) electrons. The molecule has 18 heavy (non-hydrogen) atoms. The molecule has 0 unspecified atom stereocenters. The van der Waals surface area contributed by atoms with E-state index >= 15 is 0 Å². The van der Waals surface area contributed by atoms with Gasteiger partial charge in [-0.05, 0) is 13.8 Å². The third-order valence-electron chi connectivity index (χ3n) is 1.86. The predicted molar refractivity (Wildman–Crippen MR) is 59.8 cm³/mol. The summed E-state index contributed by atoms with van der Waals surface area (Å²) in [5, 5.41) is 4.55. The van der Waals surface area contributed by atoms with Gasteiger partial charge in [0, 0.05) is 13.1 Å². The van der Waals surface area contributed by atoms with Crippen molar-refractivity contribution in [1.29, 1.82) is 0 Å². The van der Waals surface area contributed by atoms with Crippen LogP contribution in [0.15, 0.2) is 0 Å². The Kier molecular flexibility index (Phi) is 6.67. The van der Waals surface area contributed by atoms with Gasteiger partial charge in [0.2, 0.25) is 11.8 Å². The molecule has 0 saturated heterocycles. The lowest BCUT2D eigenvalue weighted by Gasteiger charge is -2.18. The molecular formula is C10H18F3N3O2. The van der Waals surface area contributed by atoms with Gasteiger partial charge in [0.25, 0.3) is 0 Å². The molecule has 5 nitrogen and oxygen atoms in total. The highest BCUT2D eigenvalue weighted by molar-refractivity contribution is 5.85. The quantitative estimate of drug-likeness (QED) is 0.720. The largest absolute Gasteiger partial charge is 0.401 e. The van der Waals surface area contributed by atoms with Gasteiger partial charge in [-0.3, -0.25) is 9.59 Å². The number of carbonyl (C=O) groups excluding carboxylic acids is 2. The van der Waals surface area contributed by atoms with Crippen molar-refractivity contribution in [2.45, 2.75) is 26.1 Å². The first-order valence-corrected chi connectivity index (χ1v) is 5.42. The fourth-order valence-electron chi connectivity index (χ4n) is 1.12. The second kappa shape index (κ2) is 7.20. The minimum atomic E-state index is -4.35. The van der Waals surface area contributed by atoms with Gasteiger partial charge in [0.05, 0.1) is 19.6 Å². The van der Waals surface area contributed by atoms with Crippen molar-refractivity contribution in [2.75, 3.05) is 26.7 Å². The summed E-state index contributed by atoms with van der Waals surface area (Å²) in [6.07, 6.45) is -4.35. The highest BCUT2D eigenvalue weighted by Crippen LogP contribution is 2.11. The number of halogens is 3. The van der Waals surface area contributed by atoms with Crippen LogP contribution in [0.1, 0.15) is 13.8 Å². The molecule has 0 saturated carbocycles. The van der Waals surface area contributed by atoms with Crippen molar-refractivity contribution in [2.24, 2.45) is 0 Å². The summed E-state index contributed by atoms with van der Waals surface area (Å²) in [5.41, 5.74) is 0. The zero-order valence-corrected chi connectivity index (χ0v) is 10.6. The van der Waals surface area contributed by atoms with Crippen molar-refractivity contribution >= 4 is 11.8 Å². The fourth-order valence-corrected chi connectivity index (χ4v) is 1.12.